The summed E-state index contributed by atoms with van der Waals surface area (Å²) in [7, 11) is 0. The number of hydrogen-bond acceptors (Lipinski definition) is 2. The molecule has 2 nitrogen and oxygen atoms in total. The minimum atomic E-state index is -0.464. The van der Waals surface area contributed by atoms with Crippen molar-refractivity contribution in [2.75, 3.05) is 0 Å². The summed E-state index contributed by atoms with van der Waals surface area (Å²) >= 11 is 6.83. The van der Waals surface area contributed by atoms with Crippen molar-refractivity contribution in [1.82, 2.24) is 0 Å². The third-order valence-corrected chi connectivity index (χ3v) is 4.92. The summed E-state index contributed by atoms with van der Waals surface area (Å²) in [5.74, 6) is 0. The number of thiol groups is 2. The number of carbonyl (C=O) groups is 2. The molecule has 0 aliphatic heterocycles. The van der Waals surface area contributed by atoms with Gasteiger partial charge in [-0.1, -0.05) is 0 Å². The minimum absolute atomic E-state index is 0.0388. The van der Waals surface area contributed by atoms with Crippen LogP contribution < -0.4 is 0 Å². The number of carbonyl (C=O) groups excluding carboxylic acids is 2. The zero-order valence-electron chi connectivity index (χ0n) is 6.04. The first kappa shape index (κ1) is 11.8. The van der Waals surface area contributed by atoms with Crippen LogP contribution in [-0.4, -0.2) is 31.4 Å². The Bertz CT molecular complexity index is 134. The van der Waals surface area contributed by atoms with Crippen molar-refractivity contribution >= 4 is 56.6 Å². The Balaban J connectivity index is 3.03. The molecule has 0 spiro atoms. The van der Waals surface area contributed by atoms with Gasteiger partial charge in [0.05, 0.1) is 0 Å². The summed E-state index contributed by atoms with van der Waals surface area (Å²) in [6.45, 7) is 0. The normalized spacial score (nSPS) is 8.91. The van der Waals surface area contributed by atoms with Crippen LogP contribution in [0.2, 0.25) is 8.87 Å². The zero-order valence-corrected chi connectivity index (χ0v) is 10.7. The van der Waals surface area contributed by atoms with Crippen LogP contribution >= 0.6 is 25.3 Å². The Kier molecular flexibility index (Phi) is 8.06. The van der Waals surface area contributed by atoms with Crippen LogP contribution in [-0.2, 0) is 9.59 Å². The van der Waals surface area contributed by atoms with Gasteiger partial charge in [-0.15, -0.1) is 0 Å². The Labute approximate surface area is 87.5 Å². The van der Waals surface area contributed by atoms with Crippen LogP contribution in [0, 0.1) is 0 Å². The van der Waals surface area contributed by atoms with Crippen molar-refractivity contribution in [3.63, 3.8) is 0 Å². The third kappa shape index (κ3) is 10.8. The summed E-state index contributed by atoms with van der Waals surface area (Å²) in [6.07, 6.45) is 1.16. The van der Waals surface area contributed by atoms with Gasteiger partial charge in [-0.3, -0.25) is 0 Å². The van der Waals surface area contributed by atoms with E-state index in [0.29, 0.717) is 12.8 Å². The first-order valence-electron chi connectivity index (χ1n) is 3.27. The van der Waals surface area contributed by atoms with E-state index in [4.69, 9.17) is 0 Å². The Hall–Kier alpha value is 0.839. The molecule has 0 radical (unpaired) electrons. The van der Waals surface area contributed by atoms with E-state index in [1.54, 1.807) is 0 Å². The van der Waals surface area contributed by atoms with Crippen molar-refractivity contribution in [2.45, 2.75) is 21.7 Å². The van der Waals surface area contributed by atoms with Crippen LogP contribution in [0.3, 0.4) is 0 Å². The SMILES string of the molecule is O=C(S)C[CH2][Sn+2][CH2]CC(=O)S. The number of hydrogen-bond donors (Lipinski definition) is 2. The third-order valence-electron chi connectivity index (χ3n) is 1.03. The molecule has 0 saturated carbocycles. The molecule has 0 rings (SSSR count). The van der Waals surface area contributed by atoms with E-state index in [0.717, 1.165) is 8.87 Å². The van der Waals surface area contributed by atoms with Gasteiger partial charge in [0.1, 0.15) is 0 Å². The van der Waals surface area contributed by atoms with Crippen molar-refractivity contribution < 1.29 is 9.59 Å². The van der Waals surface area contributed by atoms with Crippen molar-refractivity contribution in [3.05, 3.63) is 0 Å². The van der Waals surface area contributed by atoms with Gasteiger partial charge in [-0.05, 0) is 0 Å². The van der Waals surface area contributed by atoms with Crippen molar-refractivity contribution in [1.29, 1.82) is 0 Å². The summed E-state index contributed by atoms with van der Waals surface area (Å²) in [5.41, 5.74) is 0. The van der Waals surface area contributed by atoms with E-state index in [2.05, 4.69) is 25.3 Å². The maximum atomic E-state index is 10.4. The summed E-state index contributed by atoms with van der Waals surface area (Å²) < 4.78 is 1.99. The molecule has 11 heavy (non-hydrogen) atoms. The first-order valence-corrected chi connectivity index (χ1v) is 8.20. The van der Waals surface area contributed by atoms with Gasteiger partial charge in [-0.2, -0.15) is 0 Å². The van der Waals surface area contributed by atoms with E-state index in [1.807, 2.05) is 0 Å². The fraction of sp³-hybridized carbons (Fsp3) is 0.667. The van der Waals surface area contributed by atoms with Gasteiger partial charge in [0.15, 0.2) is 0 Å². The quantitative estimate of drug-likeness (QED) is 0.439. The van der Waals surface area contributed by atoms with E-state index >= 15 is 0 Å². The summed E-state index contributed by atoms with van der Waals surface area (Å²) in [5, 5.41) is -0.0776. The molecule has 0 atom stereocenters. The zero-order chi connectivity index (χ0) is 8.69. The van der Waals surface area contributed by atoms with E-state index < -0.39 is 21.1 Å². The molecule has 0 fully saturated rings. The molecule has 0 saturated heterocycles. The second kappa shape index (κ2) is 7.49. The molecule has 0 aromatic rings. The molecule has 0 aromatic heterocycles. The number of rotatable bonds is 6. The van der Waals surface area contributed by atoms with E-state index in [-0.39, 0.29) is 10.2 Å². The second-order valence-electron chi connectivity index (χ2n) is 2.04. The molecule has 0 bridgehead atoms. The molecular weight excluding hydrogens is 287 g/mol. The molecule has 60 valence electrons. The predicted molar refractivity (Wildman–Crippen MR) is 52.6 cm³/mol. The summed E-state index contributed by atoms with van der Waals surface area (Å²) in [6, 6.07) is 0. The standard InChI is InChI=1S/2C3H5OS.Sn/c2*1-2-3(4)5;/h2*1-2H2,(H,4,5);/q;;+2. The van der Waals surface area contributed by atoms with Gasteiger partial charge in [0, 0.05) is 0 Å². The summed E-state index contributed by atoms with van der Waals surface area (Å²) in [4.78, 5) is 20.7. The van der Waals surface area contributed by atoms with Crippen LogP contribution in [0.5, 0.6) is 0 Å². The van der Waals surface area contributed by atoms with Gasteiger partial charge >= 0.3 is 87.9 Å². The topological polar surface area (TPSA) is 34.1 Å². The van der Waals surface area contributed by atoms with Gasteiger partial charge in [0.2, 0.25) is 0 Å². The predicted octanol–water partition coefficient (Wildman–Crippen LogP) is 1.22. The van der Waals surface area contributed by atoms with Crippen LogP contribution in [0.4, 0.5) is 0 Å². The molecule has 5 heteroatoms. The maximum absolute atomic E-state index is 10.4. The molecular formula is C6H10O2S2Sn+2. The average molecular weight is 297 g/mol. The van der Waals surface area contributed by atoms with Crippen LogP contribution in [0.1, 0.15) is 12.8 Å². The molecule has 0 amide bonds. The van der Waals surface area contributed by atoms with E-state index in [9.17, 15) is 9.59 Å². The first-order chi connectivity index (χ1) is 5.13. The molecule has 0 heterocycles. The van der Waals surface area contributed by atoms with Crippen molar-refractivity contribution in [2.24, 2.45) is 0 Å². The molecule has 0 aliphatic carbocycles. The Morgan fingerprint density at radius 3 is 1.64 bits per heavy atom. The van der Waals surface area contributed by atoms with Gasteiger partial charge in [-0.25, -0.2) is 0 Å². The molecule has 0 aromatic carbocycles. The second-order valence-corrected chi connectivity index (χ2v) is 7.32. The van der Waals surface area contributed by atoms with Crippen LogP contribution in [0.25, 0.3) is 0 Å². The van der Waals surface area contributed by atoms with E-state index in [1.165, 1.54) is 0 Å². The molecule has 0 N–H and O–H groups in total. The molecule has 0 unspecified atom stereocenters. The Morgan fingerprint density at radius 2 is 1.36 bits per heavy atom. The van der Waals surface area contributed by atoms with Crippen molar-refractivity contribution in [3.8, 4) is 0 Å². The van der Waals surface area contributed by atoms with Gasteiger partial charge in [0.25, 0.3) is 0 Å². The van der Waals surface area contributed by atoms with Crippen LogP contribution in [0.15, 0.2) is 0 Å². The Morgan fingerprint density at radius 1 is 1.00 bits per heavy atom. The fourth-order valence-electron chi connectivity index (χ4n) is 0.516. The average Bonchev–Trinajstić information content (AvgIpc) is 1.85. The fourth-order valence-corrected chi connectivity index (χ4v) is 4.96. The monoisotopic (exact) mass is 298 g/mol. The molecule has 0 aliphatic rings. The van der Waals surface area contributed by atoms with Gasteiger partial charge < -0.3 is 0 Å².